The number of hydrogen-bond acceptors (Lipinski definition) is 2. The molecule has 17 heavy (non-hydrogen) atoms. The van der Waals surface area contributed by atoms with Crippen molar-refractivity contribution in [1.29, 1.82) is 0 Å². The number of carbonyl (C=O) groups is 2. The van der Waals surface area contributed by atoms with E-state index in [4.69, 9.17) is 16.7 Å². The molecule has 0 fully saturated rings. The SMILES string of the molecule is CC(C)NC(=O)Nc1c(Cl)cccc1C(=O)O. The topological polar surface area (TPSA) is 78.4 Å². The summed E-state index contributed by atoms with van der Waals surface area (Å²) in [6, 6.07) is 3.86. The van der Waals surface area contributed by atoms with Gasteiger partial charge in [0.05, 0.1) is 16.3 Å². The number of hydrogen-bond donors (Lipinski definition) is 3. The van der Waals surface area contributed by atoms with Crippen LogP contribution in [0.25, 0.3) is 0 Å². The molecule has 0 unspecified atom stereocenters. The molecule has 0 bridgehead atoms. The number of nitrogens with one attached hydrogen (secondary N) is 2. The molecule has 0 saturated heterocycles. The summed E-state index contributed by atoms with van der Waals surface area (Å²) >= 11 is 5.85. The van der Waals surface area contributed by atoms with E-state index >= 15 is 0 Å². The summed E-state index contributed by atoms with van der Waals surface area (Å²) in [5.74, 6) is -1.15. The monoisotopic (exact) mass is 256 g/mol. The number of carbonyl (C=O) groups excluding carboxylic acids is 1. The third-order valence-corrected chi connectivity index (χ3v) is 2.22. The maximum Gasteiger partial charge on any atom is 0.337 e. The standard InChI is InChI=1S/C11H13ClN2O3/c1-6(2)13-11(17)14-9-7(10(15)16)4-3-5-8(9)12/h3-6H,1-2H3,(H,15,16)(H2,13,14,17). The minimum absolute atomic E-state index is 0.0450. The Labute approximate surface area is 104 Å². The van der Waals surface area contributed by atoms with E-state index in [-0.39, 0.29) is 22.3 Å². The molecular formula is C11H13ClN2O3. The third kappa shape index (κ3) is 3.64. The Morgan fingerprint density at radius 2 is 2.00 bits per heavy atom. The van der Waals surface area contributed by atoms with E-state index < -0.39 is 12.0 Å². The predicted molar refractivity (Wildman–Crippen MR) is 65.7 cm³/mol. The summed E-state index contributed by atoms with van der Waals surface area (Å²) in [7, 11) is 0. The Balaban J connectivity index is 2.97. The van der Waals surface area contributed by atoms with Crippen molar-refractivity contribution < 1.29 is 14.7 Å². The number of aromatic carboxylic acids is 1. The molecule has 6 heteroatoms. The fourth-order valence-corrected chi connectivity index (χ4v) is 1.46. The first-order valence-corrected chi connectivity index (χ1v) is 5.39. The van der Waals surface area contributed by atoms with E-state index in [0.717, 1.165) is 0 Å². The van der Waals surface area contributed by atoms with Crippen LogP contribution in [-0.4, -0.2) is 23.1 Å². The molecule has 92 valence electrons. The predicted octanol–water partition coefficient (Wildman–Crippen LogP) is 2.57. The van der Waals surface area contributed by atoms with Crippen molar-refractivity contribution in [3.63, 3.8) is 0 Å². The van der Waals surface area contributed by atoms with Crippen LogP contribution in [-0.2, 0) is 0 Å². The normalized spacial score (nSPS) is 10.1. The Kier molecular flexibility index (Phi) is 4.34. The second-order valence-corrected chi connectivity index (χ2v) is 4.13. The highest BCUT2D eigenvalue weighted by Gasteiger charge is 2.15. The molecule has 0 spiro atoms. The van der Waals surface area contributed by atoms with Gasteiger partial charge in [0.2, 0.25) is 0 Å². The van der Waals surface area contributed by atoms with Crippen molar-refractivity contribution in [3.8, 4) is 0 Å². The van der Waals surface area contributed by atoms with Crippen molar-refractivity contribution in [2.75, 3.05) is 5.32 Å². The summed E-state index contributed by atoms with van der Waals surface area (Å²) < 4.78 is 0. The van der Waals surface area contributed by atoms with Crippen LogP contribution in [0.15, 0.2) is 18.2 Å². The van der Waals surface area contributed by atoms with Crippen molar-refractivity contribution in [1.82, 2.24) is 5.32 Å². The van der Waals surface area contributed by atoms with Gasteiger partial charge in [-0.25, -0.2) is 9.59 Å². The molecule has 0 aliphatic rings. The summed E-state index contributed by atoms with van der Waals surface area (Å²) in [4.78, 5) is 22.4. The van der Waals surface area contributed by atoms with Gasteiger partial charge < -0.3 is 15.7 Å². The van der Waals surface area contributed by atoms with Crippen LogP contribution >= 0.6 is 11.6 Å². The first-order valence-electron chi connectivity index (χ1n) is 5.01. The van der Waals surface area contributed by atoms with E-state index in [0.29, 0.717) is 0 Å². The number of carboxylic acids is 1. The quantitative estimate of drug-likeness (QED) is 0.778. The molecule has 0 aliphatic carbocycles. The van der Waals surface area contributed by atoms with E-state index in [1.807, 2.05) is 0 Å². The fraction of sp³-hybridized carbons (Fsp3) is 0.273. The lowest BCUT2D eigenvalue weighted by Gasteiger charge is -2.13. The van der Waals surface area contributed by atoms with Crippen LogP contribution in [0.3, 0.4) is 0 Å². The number of benzene rings is 1. The summed E-state index contributed by atoms with van der Waals surface area (Å²) in [5, 5.41) is 14.2. The van der Waals surface area contributed by atoms with Gasteiger partial charge in [-0.2, -0.15) is 0 Å². The number of amides is 2. The second kappa shape index (κ2) is 5.54. The Hall–Kier alpha value is -1.75. The highest BCUT2D eigenvalue weighted by atomic mass is 35.5. The van der Waals surface area contributed by atoms with Crippen LogP contribution in [0.2, 0.25) is 5.02 Å². The lowest BCUT2D eigenvalue weighted by atomic mass is 10.2. The summed E-state index contributed by atoms with van der Waals surface area (Å²) in [5.41, 5.74) is 0.0521. The van der Waals surface area contributed by atoms with Gasteiger partial charge in [-0.3, -0.25) is 0 Å². The highest BCUT2D eigenvalue weighted by molar-refractivity contribution is 6.34. The summed E-state index contributed by atoms with van der Waals surface area (Å²) in [6.45, 7) is 3.59. The van der Waals surface area contributed by atoms with Crippen LogP contribution < -0.4 is 10.6 Å². The number of carboxylic acid groups (broad SMARTS) is 1. The first kappa shape index (κ1) is 13.3. The minimum Gasteiger partial charge on any atom is -0.478 e. The number of rotatable bonds is 3. The number of anilines is 1. The van der Waals surface area contributed by atoms with Crippen LogP contribution in [0.5, 0.6) is 0 Å². The highest BCUT2D eigenvalue weighted by Crippen LogP contribution is 2.25. The molecule has 1 aromatic rings. The van der Waals surface area contributed by atoms with Gasteiger partial charge in [-0.05, 0) is 26.0 Å². The van der Waals surface area contributed by atoms with Gasteiger partial charge in [0.25, 0.3) is 0 Å². The van der Waals surface area contributed by atoms with Gasteiger partial charge in [-0.1, -0.05) is 17.7 Å². The largest absolute Gasteiger partial charge is 0.478 e. The van der Waals surface area contributed by atoms with Crippen LogP contribution in [0, 0.1) is 0 Å². The first-order chi connectivity index (χ1) is 7.91. The Bertz CT molecular complexity index is 446. The van der Waals surface area contributed by atoms with Crippen molar-refractivity contribution in [3.05, 3.63) is 28.8 Å². The molecule has 0 aliphatic heterocycles. The van der Waals surface area contributed by atoms with Gasteiger partial charge in [0, 0.05) is 6.04 Å². The zero-order valence-electron chi connectivity index (χ0n) is 9.45. The Morgan fingerprint density at radius 3 is 2.53 bits per heavy atom. The number of halogens is 1. The molecule has 1 rings (SSSR count). The molecule has 2 amide bonds. The van der Waals surface area contributed by atoms with Gasteiger partial charge >= 0.3 is 12.0 Å². The smallest absolute Gasteiger partial charge is 0.337 e. The van der Waals surface area contributed by atoms with Crippen molar-refractivity contribution in [2.24, 2.45) is 0 Å². The van der Waals surface area contributed by atoms with Gasteiger partial charge in [0.15, 0.2) is 0 Å². The molecular weight excluding hydrogens is 244 g/mol. The zero-order chi connectivity index (χ0) is 13.0. The second-order valence-electron chi connectivity index (χ2n) is 3.72. The van der Waals surface area contributed by atoms with E-state index in [1.165, 1.54) is 18.2 Å². The van der Waals surface area contributed by atoms with Crippen molar-refractivity contribution >= 4 is 29.3 Å². The molecule has 3 N–H and O–H groups in total. The molecule has 0 atom stereocenters. The fourth-order valence-electron chi connectivity index (χ4n) is 1.24. The van der Waals surface area contributed by atoms with E-state index in [9.17, 15) is 9.59 Å². The number of urea groups is 1. The summed E-state index contributed by atoms with van der Waals surface area (Å²) in [6.07, 6.45) is 0. The zero-order valence-corrected chi connectivity index (χ0v) is 10.2. The van der Waals surface area contributed by atoms with Gasteiger partial charge in [-0.15, -0.1) is 0 Å². The van der Waals surface area contributed by atoms with Crippen molar-refractivity contribution in [2.45, 2.75) is 19.9 Å². The third-order valence-electron chi connectivity index (χ3n) is 1.90. The number of para-hydroxylation sites is 1. The average Bonchev–Trinajstić information content (AvgIpc) is 2.19. The molecule has 1 aromatic carbocycles. The average molecular weight is 257 g/mol. The molecule has 0 heterocycles. The molecule has 5 nitrogen and oxygen atoms in total. The maximum atomic E-state index is 11.5. The molecule has 0 saturated carbocycles. The maximum absolute atomic E-state index is 11.5. The van der Waals surface area contributed by atoms with Crippen LogP contribution in [0.1, 0.15) is 24.2 Å². The molecule has 0 aromatic heterocycles. The van der Waals surface area contributed by atoms with Crippen LogP contribution in [0.4, 0.5) is 10.5 Å². The lowest BCUT2D eigenvalue weighted by molar-refractivity contribution is 0.0698. The molecule has 0 radical (unpaired) electrons. The lowest BCUT2D eigenvalue weighted by Crippen LogP contribution is -2.34. The van der Waals surface area contributed by atoms with E-state index in [2.05, 4.69) is 10.6 Å². The Morgan fingerprint density at radius 1 is 1.35 bits per heavy atom. The van der Waals surface area contributed by atoms with E-state index in [1.54, 1.807) is 13.8 Å². The van der Waals surface area contributed by atoms with Gasteiger partial charge in [0.1, 0.15) is 0 Å². The minimum atomic E-state index is -1.15.